The summed E-state index contributed by atoms with van der Waals surface area (Å²) in [6.07, 6.45) is 0. The van der Waals surface area contributed by atoms with Crippen LogP contribution in [-0.2, 0) is 16.2 Å². The third-order valence-corrected chi connectivity index (χ3v) is 6.92. The number of aromatic nitrogens is 2. The van der Waals surface area contributed by atoms with Crippen molar-refractivity contribution in [3.63, 3.8) is 0 Å². The second-order valence-electron chi connectivity index (χ2n) is 9.55. The van der Waals surface area contributed by atoms with Crippen molar-refractivity contribution in [3.05, 3.63) is 131 Å². The molecule has 7 nitrogen and oxygen atoms in total. The molecular weight excluding hydrogens is 509 g/mol. The third kappa shape index (κ3) is 4.49. The average Bonchev–Trinajstić information content (AvgIpc) is 3.51. The number of fused-ring (bicyclic) bond motifs is 1. The van der Waals surface area contributed by atoms with Crippen LogP contribution < -0.4 is 9.64 Å². The molecule has 1 aliphatic heterocycles. The number of hydrogen-bond acceptors (Lipinski definition) is 5. The number of H-pyrrole nitrogens is 1. The normalized spacial score (nSPS) is 16.6. The lowest BCUT2D eigenvalue weighted by Gasteiger charge is -2.23. The summed E-state index contributed by atoms with van der Waals surface area (Å²) >= 11 is 0. The van der Waals surface area contributed by atoms with E-state index in [4.69, 9.17) is 4.74 Å². The number of halogens is 1. The Labute approximate surface area is 229 Å². The Bertz CT molecular complexity index is 1740. The second kappa shape index (κ2) is 10.1. The van der Waals surface area contributed by atoms with E-state index in [1.54, 1.807) is 30.3 Å². The van der Waals surface area contributed by atoms with Gasteiger partial charge in [0, 0.05) is 5.56 Å². The molecular formula is C32H24FN3O4. The SMILES string of the molecule is Cc1cc(/C(O)=C2\C(=O)C(=O)N(c3nc4ccccc4[nH]3)C2c2ccc(F)cc2)ccc1OCc1ccccc1. The molecule has 40 heavy (non-hydrogen) atoms. The van der Waals surface area contributed by atoms with Crippen LogP contribution in [0.1, 0.15) is 28.3 Å². The highest BCUT2D eigenvalue weighted by atomic mass is 19.1. The summed E-state index contributed by atoms with van der Waals surface area (Å²) in [5, 5.41) is 11.5. The number of anilines is 1. The van der Waals surface area contributed by atoms with Crippen molar-refractivity contribution in [1.82, 2.24) is 9.97 Å². The van der Waals surface area contributed by atoms with E-state index in [0.717, 1.165) is 11.1 Å². The van der Waals surface area contributed by atoms with Crippen LogP contribution in [-0.4, -0.2) is 26.8 Å². The van der Waals surface area contributed by atoms with Crippen LogP contribution in [0, 0.1) is 12.7 Å². The minimum Gasteiger partial charge on any atom is -0.507 e. The van der Waals surface area contributed by atoms with Gasteiger partial charge in [0.05, 0.1) is 22.6 Å². The number of carbonyl (C=O) groups is 2. The molecule has 2 N–H and O–H groups in total. The van der Waals surface area contributed by atoms with Gasteiger partial charge in [-0.1, -0.05) is 54.6 Å². The van der Waals surface area contributed by atoms with Crippen LogP contribution in [0.2, 0.25) is 0 Å². The second-order valence-corrected chi connectivity index (χ2v) is 9.55. The minimum atomic E-state index is -1.03. The maximum atomic E-state index is 13.8. The van der Waals surface area contributed by atoms with Gasteiger partial charge in [-0.2, -0.15) is 0 Å². The van der Waals surface area contributed by atoms with E-state index in [0.29, 0.717) is 34.5 Å². The maximum absolute atomic E-state index is 13.8. The predicted octanol–water partition coefficient (Wildman–Crippen LogP) is 6.22. The monoisotopic (exact) mass is 533 g/mol. The first-order valence-corrected chi connectivity index (χ1v) is 12.7. The van der Waals surface area contributed by atoms with Gasteiger partial charge in [-0.3, -0.25) is 14.5 Å². The number of ketones is 1. The first-order chi connectivity index (χ1) is 19.4. The van der Waals surface area contributed by atoms with Crippen LogP contribution in [0.15, 0.2) is 103 Å². The molecule has 0 saturated carbocycles. The fraction of sp³-hybridized carbons (Fsp3) is 0.0938. The lowest BCUT2D eigenvalue weighted by Crippen LogP contribution is -2.30. The van der Waals surface area contributed by atoms with Gasteiger partial charge in [-0.15, -0.1) is 0 Å². The summed E-state index contributed by atoms with van der Waals surface area (Å²) in [5.74, 6) is -1.75. The number of carbonyl (C=O) groups excluding carboxylic acids is 2. The number of hydrogen-bond donors (Lipinski definition) is 2. The Morgan fingerprint density at radius 1 is 0.975 bits per heavy atom. The van der Waals surface area contributed by atoms with Crippen LogP contribution in [0.3, 0.4) is 0 Å². The molecule has 1 unspecified atom stereocenters. The summed E-state index contributed by atoms with van der Waals surface area (Å²) < 4.78 is 19.8. The molecule has 1 atom stereocenters. The van der Waals surface area contributed by atoms with Gasteiger partial charge >= 0.3 is 5.91 Å². The molecule has 4 aromatic carbocycles. The zero-order chi connectivity index (χ0) is 27.8. The number of rotatable bonds is 6. The van der Waals surface area contributed by atoms with E-state index in [1.165, 1.54) is 29.2 Å². The molecule has 0 radical (unpaired) electrons. The molecule has 1 aliphatic rings. The van der Waals surface area contributed by atoms with Gasteiger partial charge in [0.15, 0.2) is 0 Å². The van der Waals surface area contributed by atoms with Crippen molar-refractivity contribution >= 4 is 34.4 Å². The van der Waals surface area contributed by atoms with Crippen molar-refractivity contribution in [2.45, 2.75) is 19.6 Å². The first kappa shape index (κ1) is 25.1. The highest BCUT2D eigenvalue weighted by Crippen LogP contribution is 2.42. The van der Waals surface area contributed by atoms with Crippen LogP contribution in [0.25, 0.3) is 16.8 Å². The number of imidazole rings is 1. The Morgan fingerprint density at radius 2 is 1.70 bits per heavy atom. The molecule has 1 amide bonds. The van der Waals surface area contributed by atoms with Gasteiger partial charge in [-0.05, 0) is 66.1 Å². The van der Waals surface area contributed by atoms with E-state index in [1.807, 2.05) is 49.4 Å². The lowest BCUT2D eigenvalue weighted by atomic mass is 9.95. The molecule has 2 heterocycles. The largest absolute Gasteiger partial charge is 0.507 e. The number of amides is 1. The number of benzene rings is 4. The highest BCUT2D eigenvalue weighted by Gasteiger charge is 2.48. The van der Waals surface area contributed by atoms with E-state index in [-0.39, 0.29) is 17.3 Å². The van der Waals surface area contributed by atoms with Crippen molar-refractivity contribution in [3.8, 4) is 5.75 Å². The van der Waals surface area contributed by atoms with E-state index < -0.39 is 23.5 Å². The third-order valence-electron chi connectivity index (χ3n) is 6.92. The number of aliphatic hydroxyl groups excluding tert-OH is 1. The zero-order valence-electron chi connectivity index (χ0n) is 21.5. The van der Waals surface area contributed by atoms with Gasteiger partial charge in [0.2, 0.25) is 5.95 Å². The number of para-hydroxylation sites is 2. The Hall–Kier alpha value is -5.24. The van der Waals surface area contributed by atoms with Gasteiger partial charge in [0.1, 0.15) is 23.9 Å². The summed E-state index contributed by atoms with van der Waals surface area (Å²) in [4.78, 5) is 35.6. The average molecular weight is 534 g/mol. The molecule has 1 fully saturated rings. The molecule has 198 valence electrons. The molecule has 8 heteroatoms. The molecule has 1 saturated heterocycles. The number of nitrogens with zero attached hydrogens (tertiary/aromatic N) is 2. The number of Topliss-reactive ketones (excluding diaryl/α,β-unsaturated/α-hetero) is 1. The Balaban J connectivity index is 1.42. The highest BCUT2D eigenvalue weighted by molar-refractivity contribution is 6.51. The topological polar surface area (TPSA) is 95.5 Å². The number of ether oxygens (including phenoxy) is 1. The van der Waals surface area contributed by atoms with Gasteiger partial charge in [-0.25, -0.2) is 9.37 Å². The summed E-state index contributed by atoms with van der Waals surface area (Å²) in [5.41, 5.74) is 3.72. The van der Waals surface area contributed by atoms with E-state index in [2.05, 4.69) is 9.97 Å². The Kier molecular flexibility index (Phi) is 6.36. The van der Waals surface area contributed by atoms with Crippen molar-refractivity contribution < 1.29 is 23.8 Å². The lowest BCUT2D eigenvalue weighted by molar-refractivity contribution is -0.132. The van der Waals surface area contributed by atoms with Crippen LogP contribution in [0.5, 0.6) is 5.75 Å². The van der Waals surface area contributed by atoms with E-state index >= 15 is 0 Å². The number of nitrogens with one attached hydrogen (secondary N) is 1. The summed E-state index contributed by atoms with van der Waals surface area (Å²) in [7, 11) is 0. The van der Waals surface area contributed by atoms with Crippen molar-refractivity contribution in [2.75, 3.05) is 4.90 Å². The standard InChI is InChI=1S/C32H24FN3O4/c1-19-17-22(13-16-26(19)40-18-20-7-3-2-4-8-20)29(37)27-28(21-11-14-23(33)15-12-21)36(31(39)30(27)38)32-34-24-9-5-6-10-25(24)35-32/h2-17,28,37H,18H2,1H3,(H,34,35)/b29-27+. The van der Waals surface area contributed by atoms with Crippen molar-refractivity contribution in [1.29, 1.82) is 0 Å². The van der Waals surface area contributed by atoms with Crippen LogP contribution >= 0.6 is 0 Å². The van der Waals surface area contributed by atoms with Gasteiger partial charge in [0.25, 0.3) is 5.78 Å². The fourth-order valence-electron chi connectivity index (χ4n) is 4.91. The number of aryl methyl sites for hydroxylation is 1. The number of aliphatic hydroxyl groups is 1. The molecule has 5 aromatic rings. The minimum absolute atomic E-state index is 0.116. The van der Waals surface area contributed by atoms with E-state index in [9.17, 15) is 19.1 Å². The Morgan fingerprint density at radius 3 is 2.42 bits per heavy atom. The fourth-order valence-corrected chi connectivity index (χ4v) is 4.91. The first-order valence-electron chi connectivity index (χ1n) is 12.7. The quantitative estimate of drug-likeness (QED) is 0.154. The molecule has 6 rings (SSSR count). The molecule has 1 aromatic heterocycles. The zero-order valence-corrected chi connectivity index (χ0v) is 21.5. The molecule has 0 aliphatic carbocycles. The smallest absolute Gasteiger partial charge is 0.302 e. The summed E-state index contributed by atoms with van der Waals surface area (Å²) in [6.45, 7) is 2.21. The molecule has 0 spiro atoms. The number of aromatic amines is 1. The van der Waals surface area contributed by atoms with Crippen molar-refractivity contribution in [2.24, 2.45) is 0 Å². The maximum Gasteiger partial charge on any atom is 0.302 e. The summed E-state index contributed by atoms with van der Waals surface area (Å²) in [6, 6.07) is 26.4. The predicted molar refractivity (Wildman–Crippen MR) is 149 cm³/mol. The van der Waals surface area contributed by atoms with Gasteiger partial charge < -0.3 is 14.8 Å². The van der Waals surface area contributed by atoms with Crippen LogP contribution in [0.4, 0.5) is 10.3 Å². The molecule has 0 bridgehead atoms.